The fraction of sp³-hybridized carbons (Fsp3) is 0.484. The van der Waals surface area contributed by atoms with Gasteiger partial charge in [-0.2, -0.15) is 4.72 Å². The lowest BCUT2D eigenvalue weighted by atomic mass is 9.79. The van der Waals surface area contributed by atoms with Crippen LogP contribution >= 0.6 is 0 Å². The number of nitrogens with one attached hydrogen (secondary N) is 3. The van der Waals surface area contributed by atoms with Gasteiger partial charge in [0.05, 0.1) is 12.1 Å². The van der Waals surface area contributed by atoms with Crippen LogP contribution in [-0.4, -0.2) is 54.6 Å². The fourth-order valence-electron chi connectivity index (χ4n) is 4.23. The van der Waals surface area contributed by atoms with Crippen LogP contribution in [0.15, 0.2) is 66.1 Å². The monoisotopic (exact) mass is 586 g/mol. The number of sulfonamides is 1. The molecule has 226 valence electrons. The molecule has 0 aliphatic rings. The van der Waals surface area contributed by atoms with Gasteiger partial charge in [0.15, 0.2) is 0 Å². The number of amides is 2. The van der Waals surface area contributed by atoms with Gasteiger partial charge < -0.3 is 21.5 Å². The van der Waals surface area contributed by atoms with Crippen LogP contribution in [0.3, 0.4) is 0 Å². The summed E-state index contributed by atoms with van der Waals surface area (Å²) in [7, 11) is -3.96. The van der Waals surface area contributed by atoms with Gasteiger partial charge in [-0.25, -0.2) is 8.42 Å². The van der Waals surface area contributed by atoms with Crippen molar-refractivity contribution in [3.05, 3.63) is 77.2 Å². The highest BCUT2D eigenvalue weighted by molar-refractivity contribution is 7.92. The van der Waals surface area contributed by atoms with Crippen LogP contribution in [-0.2, 0) is 26.0 Å². The predicted molar refractivity (Wildman–Crippen MR) is 164 cm³/mol. The summed E-state index contributed by atoms with van der Waals surface area (Å²) in [6, 6.07) is 15.9. The maximum atomic E-state index is 13.5. The van der Waals surface area contributed by atoms with Crippen molar-refractivity contribution in [3.8, 4) is 0 Å². The van der Waals surface area contributed by atoms with Gasteiger partial charge in [-0.05, 0) is 70.1 Å². The zero-order valence-electron chi connectivity index (χ0n) is 24.9. The van der Waals surface area contributed by atoms with Gasteiger partial charge in [-0.3, -0.25) is 9.59 Å². The first-order chi connectivity index (χ1) is 19.0. The zero-order valence-corrected chi connectivity index (χ0v) is 25.7. The highest BCUT2D eigenvalue weighted by Gasteiger charge is 2.46. The summed E-state index contributed by atoms with van der Waals surface area (Å²) in [6.07, 6.45) is 0.877. The maximum absolute atomic E-state index is 13.5. The topological polar surface area (TPSA) is 151 Å². The van der Waals surface area contributed by atoms with Crippen LogP contribution in [0.1, 0.15) is 65.5 Å². The lowest BCUT2D eigenvalue weighted by molar-refractivity contribution is -0.135. The van der Waals surface area contributed by atoms with E-state index in [2.05, 4.69) is 15.4 Å². The number of hydrogen-bond acceptors (Lipinski definition) is 6. The van der Waals surface area contributed by atoms with Gasteiger partial charge in [0.1, 0.15) is 11.6 Å². The standard InChI is InChI=1S/C31H46N4O5S/c1-22(2)17-19-31(32,29(38)34-30(4,5)6)27(36)26(21-25-15-11-8-12-16-25)33-28(37)23(3)35-41(39,40)20-18-24-13-9-7-10-14-24/h7-16,18,20,22-23,26-27,35-36H,17,19,21,32H2,1-6H3,(H,33,37)(H,34,38)/b20-18+/t23-,26-,27+,31?/m0/s1. The molecule has 2 aromatic carbocycles. The molecule has 2 aromatic rings. The van der Waals surface area contributed by atoms with E-state index in [1.54, 1.807) is 24.3 Å². The number of rotatable bonds is 14. The fourth-order valence-corrected chi connectivity index (χ4v) is 5.24. The van der Waals surface area contributed by atoms with Gasteiger partial charge >= 0.3 is 0 Å². The molecule has 0 fully saturated rings. The van der Waals surface area contributed by atoms with E-state index in [9.17, 15) is 23.1 Å². The molecule has 10 heteroatoms. The van der Waals surface area contributed by atoms with E-state index in [0.717, 1.165) is 11.0 Å². The summed E-state index contributed by atoms with van der Waals surface area (Å²) >= 11 is 0. The smallest absolute Gasteiger partial charge is 0.243 e. The molecule has 2 amide bonds. The largest absolute Gasteiger partial charge is 0.388 e. The second kappa shape index (κ2) is 14.7. The van der Waals surface area contributed by atoms with Crippen molar-refractivity contribution in [1.82, 2.24) is 15.4 Å². The number of carbonyl (C=O) groups excluding carboxylic acids is 2. The summed E-state index contributed by atoms with van der Waals surface area (Å²) in [6.45, 7) is 10.9. The summed E-state index contributed by atoms with van der Waals surface area (Å²) < 4.78 is 27.7. The molecule has 0 bridgehead atoms. The highest BCUT2D eigenvalue weighted by atomic mass is 32.2. The van der Waals surface area contributed by atoms with E-state index in [0.29, 0.717) is 12.0 Å². The molecule has 0 saturated carbocycles. The van der Waals surface area contributed by atoms with Crippen molar-refractivity contribution in [2.24, 2.45) is 11.7 Å². The molecule has 2 rings (SSSR count). The van der Waals surface area contributed by atoms with Gasteiger partial charge in [0.2, 0.25) is 21.8 Å². The summed E-state index contributed by atoms with van der Waals surface area (Å²) in [4.78, 5) is 26.8. The normalized spacial score (nSPS) is 16.1. The number of benzene rings is 2. The molecule has 0 saturated heterocycles. The lowest BCUT2D eigenvalue weighted by Gasteiger charge is -2.40. The third-order valence-corrected chi connectivity index (χ3v) is 7.73. The maximum Gasteiger partial charge on any atom is 0.243 e. The Kier molecular flexibility index (Phi) is 12.3. The van der Waals surface area contributed by atoms with Crippen LogP contribution in [0.2, 0.25) is 0 Å². The number of carbonyl (C=O) groups is 2. The average Bonchev–Trinajstić information content (AvgIpc) is 2.89. The molecule has 4 atom stereocenters. The van der Waals surface area contributed by atoms with Crippen LogP contribution < -0.4 is 21.1 Å². The molecule has 0 aromatic heterocycles. The zero-order chi connectivity index (χ0) is 30.8. The minimum Gasteiger partial charge on any atom is -0.388 e. The quantitative estimate of drug-likeness (QED) is 0.230. The molecule has 41 heavy (non-hydrogen) atoms. The number of hydrogen-bond donors (Lipinski definition) is 5. The lowest BCUT2D eigenvalue weighted by Crippen LogP contribution is -2.69. The minimum atomic E-state index is -3.96. The Morgan fingerprint density at radius 1 is 0.976 bits per heavy atom. The first-order valence-electron chi connectivity index (χ1n) is 13.9. The molecular weight excluding hydrogens is 540 g/mol. The van der Waals surface area contributed by atoms with E-state index in [-0.39, 0.29) is 18.8 Å². The highest BCUT2D eigenvalue weighted by Crippen LogP contribution is 2.24. The first-order valence-corrected chi connectivity index (χ1v) is 15.5. The third kappa shape index (κ3) is 11.4. The SMILES string of the molecule is CC(C)CCC(N)(C(=O)NC(C)(C)C)[C@H](O)[C@H](Cc1ccccc1)NC(=O)[C@H](C)NS(=O)(=O)/C=C/c1ccccc1. The van der Waals surface area contributed by atoms with Crippen LogP contribution in [0.5, 0.6) is 0 Å². The third-order valence-electron chi connectivity index (χ3n) is 6.56. The van der Waals surface area contributed by atoms with E-state index in [1.807, 2.05) is 71.0 Å². The van der Waals surface area contributed by atoms with Crippen molar-refractivity contribution in [2.45, 2.75) is 90.1 Å². The van der Waals surface area contributed by atoms with E-state index >= 15 is 0 Å². The van der Waals surface area contributed by atoms with Gasteiger partial charge in [0, 0.05) is 10.9 Å². The second-order valence-corrected chi connectivity index (χ2v) is 13.6. The van der Waals surface area contributed by atoms with Gasteiger partial charge in [0.25, 0.3) is 0 Å². The molecule has 0 heterocycles. The second-order valence-electron chi connectivity index (χ2n) is 12.0. The first kappa shape index (κ1) is 34.2. The Morgan fingerprint density at radius 3 is 2.07 bits per heavy atom. The number of aliphatic hydroxyl groups excluding tert-OH is 1. The van der Waals surface area contributed by atoms with Crippen molar-refractivity contribution >= 4 is 27.9 Å². The summed E-state index contributed by atoms with van der Waals surface area (Å²) in [5.41, 5.74) is 5.89. The predicted octanol–water partition coefficient (Wildman–Crippen LogP) is 3.10. The van der Waals surface area contributed by atoms with Crippen molar-refractivity contribution in [3.63, 3.8) is 0 Å². The van der Waals surface area contributed by atoms with E-state index in [1.165, 1.54) is 13.0 Å². The molecule has 0 spiro atoms. The Hall–Kier alpha value is -3.05. The van der Waals surface area contributed by atoms with Gasteiger partial charge in [-0.1, -0.05) is 74.5 Å². The number of nitrogens with two attached hydrogens (primary N) is 1. The summed E-state index contributed by atoms with van der Waals surface area (Å²) in [5, 5.41) is 18.3. The van der Waals surface area contributed by atoms with Crippen LogP contribution in [0.4, 0.5) is 0 Å². The Morgan fingerprint density at radius 2 is 1.54 bits per heavy atom. The van der Waals surface area contributed by atoms with Gasteiger partial charge in [-0.15, -0.1) is 0 Å². The van der Waals surface area contributed by atoms with E-state index < -0.39 is 51.1 Å². The molecule has 9 nitrogen and oxygen atoms in total. The molecule has 6 N–H and O–H groups in total. The molecule has 0 aliphatic carbocycles. The van der Waals surface area contributed by atoms with Crippen LogP contribution in [0, 0.1) is 5.92 Å². The molecule has 0 radical (unpaired) electrons. The minimum absolute atomic E-state index is 0.171. The molecule has 1 unspecified atom stereocenters. The van der Waals surface area contributed by atoms with Crippen molar-refractivity contribution in [2.75, 3.05) is 0 Å². The van der Waals surface area contributed by atoms with Crippen molar-refractivity contribution in [1.29, 1.82) is 0 Å². The Bertz CT molecular complexity index is 1260. The summed E-state index contributed by atoms with van der Waals surface area (Å²) in [5.74, 6) is -0.970. The molecule has 0 aliphatic heterocycles. The van der Waals surface area contributed by atoms with Crippen LogP contribution in [0.25, 0.3) is 6.08 Å². The number of aliphatic hydroxyl groups is 1. The average molecular weight is 587 g/mol. The Labute approximate surface area is 245 Å². The van der Waals surface area contributed by atoms with E-state index in [4.69, 9.17) is 5.73 Å². The van der Waals surface area contributed by atoms with Crippen molar-refractivity contribution < 1.29 is 23.1 Å². The Balaban J connectivity index is 2.32. The molecular formula is C31H46N4O5S.